The number of hydrogen-bond acceptors (Lipinski definition) is 4. The van der Waals surface area contributed by atoms with Crippen molar-refractivity contribution in [1.29, 1.82) is 0 Å². The van der Waals surface area contributed by atoms with Gasteiger partial charge in [0.2, 0.25) is 0 Å². The van der Waals surface area contributed by atoms with Crippen molar-refractivity contribution in [1.82, 2.24) is 5.32 Å². The maximum absolute atomic E-state index is 12.2. The van der Waals surface area contributed by atoms with E-state index in [1.54, 1.807) is 6.92 Å². The molecule has 0 radical (unpaired) electrons. The Hall–Kier alpha value is -0.420. The molecule has 0 rings (SSSR count). The van der Waals surface area contributed by atoms with E-state index >= 15 is 0 Å². The minimum atomic E-state index is -4.04. The fourth-order valence-corrected chi connectivity index (χ4v) is 4.79. The van der Waals surface area contributed by atoms with Gasteiger partial charge in [0.05, 0.1) is 0 Å². The van der Waals surface area contributed by atoms with Crippen molar-refractivity contribution in [3.8, 4) is 0 Å². The summed E-state index contributed by atoms with van der Waals surface area (Å²) in [5, 5.41) is 12.0. The summed E-state index contributed by atoms with van der Waals surface area (Å²) in [6.45, 7) is 7.01. The number of hydrogen-bond donors (Lipinski definition) is 3. The van der Waals surface area contributed by atoms with Crippen molar-refractivity contribution in [2.75, 3.05) is 6.54 Å². The molecule has 0 aromatic carbocycles. The molecule has 2 atom stereocenters. The molecule has 7 heteroatoms. The van der Waals surface area contributed by atoms with Crippen LogP contribution < -0.4 is 5.32 Å². The quantitative estimate of drug-likeness (QED) is 0.116. The van der Waals surface area contributed by atoms with Crippen LogP contribution in [0.15, 0.2) is 0 Å². The first kappa shape index (κ1) is 30.6. The van der Waals surface area contributed by atoms with Gasteiger partial charge in [-0.3, -0.25) is 9.09 Å². The number of unbranched alkanes of at least 4 members (excludes halogenated alkanes) is 15. The molecule has 186 valence electrons. The van der Waals surface area contributed by atoms with E-state index in [9.17, 15) is 14.3 Å². The summed E-state index contributed by atoms with van der Waals surface area (Å²) in [6.07, 6.45) is 21.0. The summed E-state index contributed by atoms with van der Waals surface area (Å²) in [5.74, 6) is -2.05. The lowest BCUT2D eigenvalue weighted by molar-refractivity contribution is -0.152. The Morgan fingerprint density at radius 2 is 1.19 bits per heavy atom. The molecule has 3 N–H and O–H groups in total. The Morgan fingerprint density at radius 3 is 1.55 bits per heavy atom. The predicted octanol–water partition coefficient (Wildman–Crippen LogP) is 7.25. The summed E-state index contributed by atoms with van der Waals surface area (Å²) in [5.41, 5.74) is -1.69. The topological polar surface area (TPSA) is 95.9 Å². The van der Waals surface area contributed by atoms with Crippen molar-refractivity contribution in [2.24, 2.45) is 0 Å². The lowest BCUT2D eigenvalue weighted by Crippen LogP contribution is -2.37. The highest BCUT2D eigenvalue weighted by Crippen LogP contribution is 2.49. The van der Waals surface area contributed by atoms with Crippen LogP contribution in [0.4, 0.5) is 0 Å². The third-order valence-corrected chi connectivity index (χ3v) is 7.71. The van der Waals surface area contributed by atoms with Crippen molar-refractivity contribution >= 4 is 13.6 Å². The molecule has 0 saturated heterocycles. The standard InChI is InChI=1S/C24H50NO5P/c1-5-6-7-8-9-10-11-12-13-14-15-16-17-18-19-20-21-25-22(2)31(28,29)30-24(3,4)23(26)27/h22,25H,5-21H2,1-4H3,(H,26,27)(H,28,29). The van der Waals surface area contributed by atoms with Crippen LogP contribution in [0.3, 0.4) is 0 Å². The van der Waals surface area contributed by atoms with Crippen molar-refractivity contribution < 1.29 is 23.9 Å². The molecule has 0 aliphatic rings. The van der Waals surface area contributed by atoms with Crippen molar-refractivity contribution in [3.05, 3.63) is 0 Å². The van der Waals surface area contributed by atoms with Crippen LogP contribution in [0.1, 0.15) is 130 Å². The van der Waals surface area contributed by atoms with Crippen molar-refractivity contribution in [3.63, 3.8) is 0 Å². The van der Waals surface area contributed by atoms with Crippen molar-refractivity contribution in [2.45, 2.75) is 142 Å². The van der Waals surface area contributed by atoms with Crippen LogP contribution in [0.5, 0.6) is 0 Å². The van der Waals surface area contributed by atoms with Gasteiger partial charge < -0.3 is 15.3 Å². The Labute approximate surface area is 191 Å². The van der Waals surface area contributed by atoms with E-state index in [0.717, 1.165) is 12.8 Å². The maximum atomic E-state index is 12.2. The monoisotopic (exact) mass is 463 g/mol. The fraction of sp³-hybridized carbons (Fsp3) is 0.958. The van der Waals surface area contributed by atoms with Crippen LogP contribution in [-0.4, -0.2) is 33.9 Å². The van der Waals surface area contributed by atoms with Gasteiger partial charge >= 0.3 is 13.6 Å². The highest BCUT2D eigenvalue weighted by molar-refractivity contribution is 7.53. The lowest BCUT2D eigenvalue weighted by atomic mass is 10.0. The van der Waals surface area contributed by atoms with E-state index in [0.29, 0.717) is 6.54 Å². The molecule has 0 fully saturated rings. The van der Waals surface area contributed by atoms with E-state index in [4.69, 9.17) is 9.63 Å². The molecule has 0 spiro atoms. The number of nitrogens with one attached hydrogen (secondary N) is 1. The van der Waals surface area contributed by atoms with Crippen LogP contribution in [0.25, 0.3) is 0 Å². The zero-order valence-corrected chi connectivity index (χ0v) is 21.6. The molecule has 0 aromatic heterocycles. The average Bonchev–Trinajstić information content (AvgIpc) is 2.69. The fourth-order valence-electron chi connectivity index (χ4n) is 3.54. The minimum absolute atomic E-state index is 0.626. The maximum Gasteiger partial charge on any atom is 0.345 e. The third-order valence-electron chi connectivity index (χ3n) is 5.83. The molecule has 31 heavy (non-hydrogen) atoms. The molecule has 0 bridgehead atoms. The third kappa shape index (κ3) is 16.8. The zero-order chi connectivity index (χ0) is 23.6. The van der Waals surface area contributed by atoms with E-state index in [2.05, 4.69) is 12.2 Å². The van der Waals surface area contributed by atoms with Crippen LogP contribution in [-0.2, 0) is 13.9 Å². The Bertz CT molecular complexity index is 498. The number of carboxylic acid groups (broad SMARTS) is 1. The second-order valence-electron chi connectivity index (χ2n) is 9.40. The lowest BCUT2D eigenvalue weighted by Gasteiger charge is -2.27. The second kappa shape index (κ2) is 18.1. The summed E-state index contributed by atoms with van der Waals surface area (Å²) in [4.78, 5) is 21.1. The van der Waals surface area contributed by atoms with Gasteiger partial charge in [-0.1, -0.05) is 103 Å². The van der Waals surface area contributed by atoms with Gasteiger partial charge in [-0.2, -0.15) is 0 Å². The van der Waals surface area contributed by atoms with E-state index in [-0.39, 0.29) is 0 Å². The van der Waals surface area contributed by atoms with Crippen LogP contribution in [0, 0.1) is 0 Å². The Morgan fingerprint density at radius 1 is 0.839 bits per heavy atom. The smallest absolute Gasteiger partial charge is 0.345 e. The SMILES string of the molecule is CCCCCCCCCCCCCCCCCCNC(C)P(=O)(O)OC(C)(C)C(=O)O. The number of carbonyl (C=O) groups is 1. The van der Waals surface area contributed by atoms with Gasteiger partial charge in [0.25, 0.3) is 0 Å². The minimum Gasteiger partial charge on any atom is -0.479 e. The van der Waals surface area contributed by atoms with Gasteiger partial charge in [0.15, 0.2) is 5.60 Å². The molecule has 0 amide bonds. The summed E-state index contributed by atoms with van der Waals surface area (Å²) >= 11 is 0. The molecule has 0 aliphatic heterocycles. The molecule has 6 nitrogen and oxygen atoms in total. The molecular weight excluding hydrogens is 413 g/mol. The van der Waals surface area contributed by atoms with Gasteiger partial charge in [0, 0.05) is 0 Å². The predicted molar refractivity (Wildman–Crippen MR) is 130 cm³/mol. The van der Waals surface area contributed by atoms with Crippen LogP contribution >= 0.6 is 7.60 Å². The van der Waals surface area contributed by atoms with Gasteiger partial charge in [-0.05, 0) is 33.7 Å². The number of carboxylic acids is 1. The van der Waals surface area contributed by atoms with E-state index < -0.39 is 24.9 Å². The highest BCUT2D eigenvalue weighted by atomic mass is 31.2. The molecule has 0 aliphatic carbocycles. The number of rotatable bonds is 22. The molecule has 0 aromatic rings. The molecule has 0 saturated carbocycles. The summed E-state index contributed by atoms with van der Waals surface area (Å²) in [7, 11) is -4.04. The summed E-state index contributed by atoms with van der Waals surface area (Å²) in [6, 6.07) is 0. The van der Waals surface area contributed by atoms with Gasteiger partial charge in [0.1, 0.15) is 5.78 Å². The second-order valence-corrected chi connectivity index (χ2v) is 11.5. The molecule has 2 unspecified atom stereocenters. The van der Waals surface area contributed by atoms with Gasteiger partial charge in [-0.15, -0.1) is 0 Å². The average molecular weight is 464 g/mol. The van der Waals surface area contributed by atoms with E-state index in [1.807, 2.05) is 0 Å². The van der Waals surface area contributed by atoms with E-state index in [1.165, 1.54) is 104 Å². The zero-order valence-electron chi connectivity index (χ0n) is 20.7. The highest BCUT2D eigenvalue weighted by Gasteiger charge is 2.39. The summed E-state index contributed by atoms with van der Waals surface area (Å²) < 4.78 is 17.2. The normalized spacial score (nSPS) is 15.0. The number of aliphatic carboxylic acids is 1. The first-order valence-corrected chi connectivity index (χ1v) is 14.3. The first-order chi connectivity index (χ1) is 14.6. The van der Waals surface area contributed by atoms with Crippen LogP contribution in [0.2, 0.25) is 0 Å². The van der Waals surface area contributed by atoms with Gasteiger partial charge in [-0.25, -0.2) is 4.79 Å². The Kier molecular flexibility index (Phi) is 17.8. The largest absolute Gasteiger partial charge is 0.479 e. The Balaban J connectivity index is 3.52. The molecule has 0 heterocycles. The molecular formula is C24H50NO5P. The first-order valence-electron chi connectivity index (χ1n) is 12.6.